The number of methoxy groups -OCH3 is 2. The van der Waals surface area contributed by atoms with Crippen molar-refractivity contribution in [3.63, 3.8) is 0 Å². The Morgan fingerprint density at radius 3 is 2.57 bits per heavy atom. The van der Waals surface area contributed by atoms with Gasteiger partial charge in [-0.2, -0.15) is 0 Å². The van der Waals surface area contributed by atoms with Crippen molar-refractivity contribution in [1.29, 1.82) is 0 Å². The van der Waals surface area contributed by atoms with Crippen LogP contribution in [0.4, 0.5) is 16.2 Å². The first-order chi connectivity index (χ1) is 13.4. The van der Waals surface area contributed by atoms with Crippen molar-refractivity contribution in [1.82, 2.24) is 5.32 Å². The third kappa shape index (κ3) is 4.31. The Morgan fingerprint density at radius 2 is 1.89 bits per heavy atom. The maximum absolute atomic E-state index is 12.4. The average molecular weight is 404 g/mol. The van der Waals surface area contributed by atoms with Gasteiger partial charge in [0, 0.05) is 35.4 Å². The number of hydrogen-bond donors (Lipinski definition) is 2. The van der Waals surface area contributed by atoms with E-state index in [1.165, 1.54) is 0 Å². The van der Waals surface area contributed by atoms with E-state index in [0.717, 1.165) is 5.56 Å². The summed E-state index contributed by atoms with van der Waals surface area (Å²) in [4.78, 5) is 26.3. The number of aryl methyl sites for hydroxylation is 1. The van der Waals surface area contributed by atoms with E-state index < -0.39 is 0 Å². The quantitative estimate of drug-likeness (QED) is 0.799. The first kappa shape index (κ1) is 19.8. The maximum Gasteiger partial charge on any atom is 0.319 e. The average Bonchev–Trinajstić information content (AvgIpc) is 3.04. The van der Waals surface area contributed by atoms with Crippen molar-refractivity contribution in [2.45, 2.75) is 19.4 Å². The Bertz CT molecular complexity index is 903. The number of anilines is 2. The molecular weight excluding hydrogens is 382 g/mol. The SMILES string of the molecule is COc1ccc(N2C[C@H](NC(=O)Nc3ccc(C)c(Cl)c3)CC2=O)cc1OC. The fourth-order valence-electron chi connectivity index (χ4n) is 3.07. The summed E-state index contributed by atoms with van der Waals surface area (Å²) in [5.41, 5.74) is 2.21. The number of nitrogens with one attached hydrogen (secondary N) is 2. The van der Waals surface area contributed by atoms with E-state index >= 15 is 0 Å². The van der Waals surface area contributed by atoms with Crippen LogP contribution in [0.3, 0.4) is 0 Å². The van der Waals surface area contributed by atoms with Gasteiger partial charge in [0.15, 0.2) is 11.5 Å². The van der Waals surface area contributed by atoms with E-state index in [1.54, 1.807) is 49.5 Å². The standard InChI is InChI=1S/C20H22ClN3O4/c1-12-4-5-13(8-16(12)21)22-20(26)23-14-9-19(25)24(11-14)15-6-7-17(27-2)18(10-15)28-3/h4-8,10,14H,9,11H2,1-3H3,(H2,22,23,26)/t14-/m1/s1. The van der Waals surface area contributed by atoms with Crippen LogP contribution in [0.25, 0.3) is 0 Å². The Balaban J connectivity index is 1.64. The lowest BCUT2D eigenvalue weighted by atomic mass is 10.2. The molecule has 0 aliphatic carbocycles. The number of carbonyl (C=O) groups excluding carboxylic acids is 2. The second kappa shape index (κ2) is 8.39. The van der Waals surface area contributed by atoms with Gasteiger partial charge in [-0.15, -0.1) is 0 Å². The molecule has 1 aliphatic rings. The van der Waals surface area contributed by atoms with Crippen LogP contribution < -0.4 is 25.0 Å². The Labute approximate surface area is 168 Å². The van der Waals surface area contributed by atoms with Crippen LogP contribution >= 0.6 is 11.6 Å². The molecule has 3 amide bonds. The molecule has 8 heteroatoms. The van der Waals surface area contributed by atoms with Crippen LogP contribution in [-0.4, -0.2) is 38.7 Å². The van der Waals surface area contributed by atoms with Crippen LogP contribution in [0.15, 0.2) is 36.4 Å². The Kier molecular flexibility index (Phi) is 5.94. The van der Waals surface area contributed by atoms with Crippen molar-refractivity contribution < 1.29 is 19.1 Å². The molecule has 1 fully saturated rings. The second-order valence-corrected chi connectivity index (χ2v) is 6.91. The van der Waals surface area contributed by atoms with Gasteiger partial charge in [0.2, 0.25) is 5.91 Å². The first-order valence-corrected chi connectivity index (χ1v) is 9.15. The van der Waals surface area contributed by atoms with Crippen molar-refractivity contribution >= 4 is 34.9 Å². The summed E-state index contributed by atoms with van der Waals surface area (Å²) < 4.78 is 10.5. The van der Waals surface area contributed by atoms with Gasteiger partial charge < -0.3 is 25.0 Å². The number of ether oxygens (including phenoxy) is 2. The van der Waals surface area contributed by atoms with Gasteiger partial charge in [0.25, 0.3) is 0 Å². The fraction of sp³-hybridized carbons (Fsp3) is 0.300. The summed E-state index contributed by atoms with van der Waals surface area (Å²) in [6.07, 6.45) is 0.219. The maximum atomic E-state index is 12.4. The highest BCUT2D eigenvalue weighted by Gasteiger charge is 2.32. The van der Waals surface area contributed by atoms with E-state index in [9.17, 15) is 9.59 Å². The molecule has 1 saturated heterocycles. The lowest BCUT2D eigenvalue weighted by Crippen LogP contribution is -2.39. The Hall–Kier alpha value is -2.93. The number of benzene rings is 2. The highest BCUT2D eigenvalue weighted by molar-refractivity contribution is 6.31. The number of urea groups is 1. The lowest BCUT2D eigenvalue weighted by Gasteiger charge is -2.19. The van der Waals surface area contributed by atoms with Crippen molar-refractivity contribution in [3.8, 4) is 11.5 Å². The predicted molar refractivity (Wildman–Crippen MR) is 109 cm³/mol. The third-order valence-corrected chi connectivity index (χ3v) is 4.98. The molecule has 7 nitrogen and oxygen atoms in total. The highest BCUT2D eigenvalue weighted by Crippen LogP contribution is 2.33. The monoisotopic (exact) mass is 403 g/mol. The van der Waals surface area contributed by atoms with Crippen molar-refractivity contribution in [2.75, 3.05) is 31.0 Å². The zero-order chi connectivity index (χ0) is 20.3. The van der Waals surface area contributed by atoms with Gasteiger partial charge in [-0.05, 0) is 36.8 Å². The molecule has 2 aromatic rings. The number of amides is 3. The van der Waals surface area contributed by atoms with Gasteiger partial charge in [-0.3, -0.25) is 4.79 Å². The normalized spacial score (nSPS) is 16.1. The number of nitrogens with zero attached hydrogens (tertiary/aromatic N) is 1. The van der Waals surface area contributed by atoms with Gasteiger partial charge in [-0.25, -0.2) is 4.79 Å². The van der Waals surface area contributed by atoms with Gasteiger partial charge >= 0.3 is 6.03 Å². The molecule has 3 rings (SSSR count). The summed E-state index contributed by atoms with van der Waals surface area (Å²) in [6, 6.07) is 9.88. The molecule has 148 valence electrons. The summed E-state index contributed by atoms with van der Waals surface area (Å²) in [5, 5.41) is 6.15. The van der Waals surface area contributed by atoms with E-state index in [1.807, 2.05) is 13.0 Å². The lowest BCUT2D eigenvalue weighted by molar-refractivity contribution is -0.117. The third-order valence-electron chi connectivity index (χ3n) is 4.57. The van der Waals surface area contributed by atoms with Crippen LogP contribution in [0.2, 0.25) is 5.02 Å². The summed E-state index contributed by atoms with van der Waals surface area (Å²) in [7, 11) is 3.10. The molecule has 1 aliphatic heterocycles. The molecule has 1 heterocycles. The molecule has 2 aromatic carbocycles. The number of hydrogen-bond acceptors (Lipinski definition) is 4. The summed E-state index contributed by atoms with van der Waals surface area (Å²) >= 11 is 6.08. The summed E-state index contributed by atoms with van der Waals surface area (Å²) in [6.45, 7) is 2.26. The van der Waals surface area contributed by atoms with Gasteiger partial charge in [0.05, 0.1) is 20.3 Å². The molecule has 0 aromatic heterocycles. The van der Waals surface area contributed by atoms with Crippen LogP contribution in [0.1, 0.15) is 12.0 Å². The highest BCUT2D eigenvalue weighted by atomic mass is 35.5. The molecule has 0 spiro atoms. The zero-order valence-electron chi connectivity index (χ0n) is 15.9. The van der Waals surface area contributed by atoms with Crippen LogP contribution in [0.5, 0.6) is 11.5 Å². The minimum absolute atomic E-state index is 0.0732. The molecule has 0 radical (unpaired) electrons. The fourth-order valence-corrected chi connectivity index (χ4v) is 3.25. The smallest absolute Gasteiger partial charge is 0.319 e. The van der Waals surface area contributed by atoms with Crippen molar-refractivity contribution in [2.24, 2.45) is 0 Å². The van der Waals surface area contributed by atoms with Crippen LogP contribution in [-0.2, 0) is 4.79 Å². The zero-order valence-corrected chi connectivity index (χ0v) is 16.7. The van der Waals surface area contributed by atoms with E-state index in [2.05, 4.69) is 10.6 Å². The van der Waals surface area contributed by atoms with E-state index in [-0.39, 0.29) is 24.4 Å². The number of halogens is 1. The van der Waals surface area contributed by atoms with E-state index in [0.29, 0.717) is 34.4 Å². The minimum Gasteiger partial charge on any atom is -0.493 e. The first-order valence-electron chi connectivity index (χ1n) is 8.77. The molecule has 0 saturated carbocycles. The molecular formula is C20H22ClN3O4. The van der Waals surface area contributed by atoms with E-state index in [4.69, 9.17) is 21.1 Å². The molecule has 0 unspecified atom stereocenters. The van der Waals surface area contributed by atoms with Gasteiger partial charge in [0.1, 0.15) is 0 Å². The predicted octanol–water partition coefficient (Wildman–Crippen LogP) is 3.59. The number of rotatable bonds is 5. The molecule has 1 atom stereocenters. The second-order valence-electron chi connectivity index (χ2n) is 6.51. The molecule has 0 bridgehead atoms. The summed E-state index contributed by atoms with van der Waals surface area (Å²) in [5.74, 6) is 1.05. The molecule has 2 N–H and O–H groups in total. The number of carbonyl (C=O) groups is 2. The topological polar surface area (TPSA) is 79.9 Å². The van der Waals surface area contributed by atoms with Crippen molar-refractivity contribution in [3.05, 3.63) is 47.0 Å². The molecule has 28 heavy (non-hydrogen) atoms. The Morgan fingerprint density at radius 1 is 1.14 bits per heavy atom. The largest absolute Gasteiger partial charge is 0.493 e. The minimum atomic E-state index is -0.383. The van der Waals surface area contributed by atoms with Gasteiger partial charge in [-0.1, -0.05) is 17.7 Å². The van der Waals surface area contributed by atoms with Crippen LogP contribution in [0, 0.1) is 6.92 Å².